The summed E-state index contributed by atoms with van der Waals surface area (Å²) < 4.78 is 13.5. The molecule has 0 spiro atoms. The van der Waals surface area contributed by atoms with Crippen LogP contribution in [0.4, 0.5) is 0 Å². The maximum absolute atomic E-state index is 12.7. The Morgan fingerprint density at radius 1 is 0.906 bits per heavy atom. The Hall–Kier alpha value is -2.56. The number of hydrogen-bond acceptors (Lipinski definition) is 3. The van der Waals surface area contributed by atoms with Gasteiger partial charge in [0, 0.05) is 31.2 Å². The third-order valence-corrected chi connectivity index (χ3v) is 5.58. The van der Waals surface area contributed by atoms with Gasteiger partial charge in [0.1, 0.15) is 18.0 Å². The molecule has 5 nitrogen and oxygen atoms in total. The van der Waals surface area contributed by atoms with E-state index in [1.165, 1.54) is 44.9 Å². The molecule has 0 aliphatic carbocycles. The van der Waals surface area contributed by atoms with Gasteiger partial charge in [-0.1, -0.05) is 58.8 Å². The lowest BCUT2D eigenvalue weighted by atomic mass is 10.1. The molecule has 1 aromatic carbocycles. The molecule has 1 amide bonds. The van der Waals surface area contributed by atoms with E-state index in [1.54, 1.807) is 19.2 Å². The summed E-state index contributed by atoms with van der Waals surface area (Å²) in [5, 5.41) is 2.98. The van der Waals surface area contributed by atoms with Crippen LogP contribution in [-0.2, 0) is 13.1 Å². The van der Waals surface area contributed by atoms with Crippen molar-refractivity contribution in [1.29, 1.82) is 0 Å². The van der Waals surface area contributed by atoms with E-state index >= 15 is 0 Å². The van der Waals surface area contributed by atoms with Crippen LogP contribution in [0.25, 0.3) is 0 Å². The summed E-state index contributed by atoms with van der Waals surface area (Å²) in [6.07, 6.45) is 15.4. The van der Waals surface area contributed by atoms with Crippen molar-refractivity contribution in [1.82, 2.24) is 5.32 Å². The molecule has 0 saturated heterocycles. The summed E-state index contributed by atoms with van der Waals surface area (Å²) in [7, 11) is 1.58. The summed E-state index contributed by atoms with van der Waals surface area (Å²) in [6.45, 7) is 6.57. The van der Waals surface area contributed by atoms with Gasteiger partial charge in [0.2, 0.25) is 0 Å². The number of hydrogen-bond donors (Lipinski definition) is 1. The first-order valence-electron chi connectivity index (χ1n) is 12.2. The lowest BCUT2D eigenvalue weighted by molar-refractivity contribution is -0.697. The van der Waals surface area contributed by atoms with Gasteiger partial charge in [-0.05, 0) is 24.1 Å². The van der Waals surface area contributed by atoms with E-state index in [2.05, 4.69) is 23.7 Å². The SMILES string of the molecule is CCCCCCCCCCOc1ccc(C(=O)NCc2cc[n+](CCC)cc2)c(OC)c1. The molecule has 1 N–H and O–H groups in total. The molecule has 32 heavy (non-hydrogen) atoms. The molecule has 0 radical (unpaired) electrons. The molecule has 0 saturated carbocycles. The maximum Gasteiger partial charge on any atom is 0.255 e. The van der Waals surface area contributed by atoms with Crippen molar-refractivity contribution in [3.63, 3.8) is 0 Å². The quantitative estimate of drug-likeness (QED) is 0.263. The number of carbonyl (C=O) groups excluding carboxylic acids is 1. The van der Waals surface area contributed by atoms with Crippen LogP contribution in [0.5, 0.6) is 11.5 Å². The molecule has 0 fully saturated rings. The summed E-state index contributed by atoms with van der Waals surface area (Å²) in [5.41, 5.74) is 1.58. The van der Waals surface area contributed by atoms with Gasteiger partial charge in [-0.15, -0.1) is 0 Å². The zero-order valence-electron chi connectivity index (χ0n) is 20.2. The van der Waals surface area contributed by atoms with Crippen molar-refractivity contribution in [2.24, 2.45) is 0 Å². The summed E-state index contributed by atoms with van der Waals surface area (Å²) in [5.74, 6) is 1.12. The van der Waals surface area contributed by atoms with Gasteiger partial charge in [-0.2, -0.15) is 0 Å². The van der Waals surface area contributed by atoms with Gasteiger partial charge in [0.15, 0.2) is 12.4 Å². The average molecular weight is 442 g/mol. The second-order valence-corrected chi connectivity index (χ2v) is 8.31. The molecule has 0 bridgehead atoms. The summed E-state index contributed by atoms with van der Waals surface area (Å²) >= 11 is 0. The second kappa shape index (κ2) is 15.3. The fraction of sp³-hybridized carbons (Fsp3) is 0.556. The molecule has 1 aromatic heterocycles. The van der Waals surface area contributed by atoms with Crippen LogP contribution in [0.3, 0.4) is 0 Å². The van der Waals surface area contributed by atoms with Crippen molar-refractivity contribution >= 4 is 5.91 Å². The third kappa shape index (κ3) is 9.29. The average Bonchev–Trinajstić information content (AvgIpc) is 2.82. The van der Waals surface area contributed by atoms with Gasteiger partial charge < -0.3 is 14.8 Å². The lowest BCUT2D eigenvalue weighted by Crippen LogP contribution is -2.32. The standard InChI is InChI=1S/C27H40N2O3/c1-4-6-7-8-9-10-11-12-20-32-24-13-14-25(26(21-24)31-3)27(30)28-22-23-15-18-29(17-5-2)19-16-23/h13-16,18-19,21H,4-12,17,20,22H2,1-3H3/p+1. The highest BCUT2D eigenvalue weighted by Gasteiger charge is 2.13. The molecule has 1 heterocycles. The number of ether oxygens (including phenoxy) is 2. The number of nitrogens with one attached hydrogen (secondary N) is 1. The minimum Gasteiger partial charge on any atom is -0.496 e. The minimum absolute atomic E-state index is 0.151. The third-order valence-electron chi connectivity index (χ3n) is 5.58. The smallest absolute Gasteiger partial charge is 0.255 e. The molecule has 2 aromatic rings. The van der Waals surface area contributed by atoms with Crippen LogP contribution in [-0.4, -0.2) is 19.6 Å². The first kappa shape index (κ1) is 25.7. The Labute approximate surface area is 194 Å². The van der Waals surface area contributed by atoms with Gasteiger partial charge in [0.05, 0.1) is 19.3 Å². The number of benzene rings is 1. The normalized spacial score (nSPS) is 10.7. The summed E-state index contributed by atoms with van der Waals surface area (Å²) in [6, 6.07) is 9.50. The number of carbonyl (C=O) groups is 1. The van der Waals surface area contributed by atoms with Crippen molar-refractivity contribution in [3.05, 3.63) is 53.9 Å². The molecule has 176 valence electrons. The van der Waals surface area contributed by atoms with Crippen LogP contribution in [0.15, 0.2) is 42.7 Å². The number of aromatic nitrogens is 1. The maximum atomic E-state index is 12.7. The number of pyridine rings is 1. The Kier molecular flexibility index (Phi) is 12.3. The Morgan fingerprint density at radius 3 is 2.25 bits per heavy atom. The largest absolute Gasteiger partial charge is 0.496 e. The van der Waals surface area contributed by atoms with Crippen LogP contribution in [0.1, 0.15) is 87.6 Å². The Morgan fingerprint density at radius 2 is 1.59 bits per heavy atom. The van der Waals surface area contributed by atoms with Crippen LogP contribution < -0.4 is 19.4 Å². The van der Waals surface area contributed by atoms with E-state index in [0.29, 0.717) is 24.5 Å². The van der Waals surface area contributed by atoms with Crippen LogP contribution >= 0.6 is 0 Å². The second-order valence-electron chi connectivity index (χ2n) is 8.31. The lowest BCUT2D eigenvalue weighted by Gasteiger charge is -2.12. The number of nitrogens with zero attached hydrogens (tertiary/aromatic N) is 1. The molecular weight excluding hydrogens is 400 g/mol. The Bertz CT molecular complexity index is 790. The minimum atomic E-state index is -0.151. The number of aryl methyl sites for hydroxylation is 1. The first-order valence-corrected chi connectivity index (χ1v) is 12.2. The highest BCUT2D eigenvalue weighted by atomic mass is 16.5. The highest BCUT2D eigenvalue weighted by molar-refractivity contribution is 5.97. The van der Waals surface area contributed by atoms with Crippen LogP contribution in [0.2, 0.25) is 0 Å². The highest BCUT2D eigenvalue weighted by Crippen LogP contribution is 2.25. The summed E-state index contributed by atoms with van der Waals surface area (Å²) in [4.78, 5) is 12.7. The van der Waals surface area contributed by atoms with E-state index < -0.39 is 0 Å². The zero-order chi connectivity index (χ0) is 23.0. The molecule has 0 aliphatic heterocycles. The molecule has 5 heteroatoms. The van der Waals surface area contributed by atoms with Crippen molar-refractivity contribution in [2.75, 3.05) is 13.7 Å². The Balaban J connectivity index is 1.76. The first-order chi connectivity index (χ1) is 15.7. The van der Waals surface area contributed by atoms with Gasteiger partial charge in [-0.3, -0.25) is 4.79 Å². The van der Waals surface area contributed by atoms with Crippen molar-refractivity contribution in [3.8, 4) is 11.5 Å². The molecule has 0 atom stereocenters. The van der Waals surface area contributed by atoms with Crippen LogP contribution in [0, 0.1) is 0 Å². The number of unbranched alkanes of at least 4 members (excludes halogenated alkanes) is 7. The van der Waals surface area contributed by atoms with E-state index in [4.69, 9.17) is 9.47 Å². The molecule has 2 rings (SSSR count). The van der Waals surface area contributed by atoms with E-state index in [0.717, 1.165) is 30.7 Å². The van der Waals surface area contributed by atoms with E-state index in [-0.39, 0.29) is 5.91 Å². The fourth-order valence-corrected chi connectivity index (χ4v) is 3.67. The van der Waals surface area contributed by atoms with Gasteiger partial charge >= 0.3 is 0 Å². The number of rotatable bonds is 16. The topological polar surface area (TPSA) is 51.4 Å². The fourth-order valence-electron chi connectivity index (χ4n) is 3.67. The molecular formula is C27H41N2O3+. The predicted molar refractivity (Wildman–Crippen MR) is 129 cm³/mol. The number of methoxy groups -OCH3 is 1. The number of amides is 1. The molecule has 0 aliphatic rings. The molecule has 0 unspecified atom stereocenters. The predicted octanol–water partition coefficient (Wildman–Crippen LogP) is 5.84. The van der Waals surface area contributed by atoms with Gasteiger partial charge in [-0.25, -0.2) is 4.57 Å². The van der Waals surface area contributed by atoms with E-state index in [1.807, 2.05) is 30.6 Å². The van der Waals surface area contributed by atoms with Crippen molar-refractivity contribution < 1.29 is 18.8 Å². The zero-order valence-corrected chi connectivity index (χ0v) is 20.2. The monoisotopic (exact) mass is 441 g/mol. The van der Waals surface area contributed by atoms with Crippen molar-refractivity contribution in [2.45, 2.75) is 84.7 Å². The van der Waals surface area contributed by atoms with E-state index in [9.17, 15) is 4.79 Å². The van der Waals surface area contributed by atoms with Gasteiger partial charge in [0.25, 0.3) is 5.91 Å².